The summed E-state index contributed by atoms with van der Waals surface area (Å²) in [5, 5.41) is 3.53. The summed E-state index contributed by atoms with van der Waals surface area (Å²) < 4.78 is 0. The average Bonchev–Trinajstić information content (AvgIpc) is 2.28. The fraction of sp³-hybridized carbons (Fsp3) is 0.533. The maximum atomic E-state index is 12.2. The highest BCUT2D eigenvalue weighted by Gasteiger charge is 2.15. The highest BCUT2D eigenvalue weighted by atomic mass is 32.2. The van der Waals surface area contributed by atoms with Gasteiger partial charge < -0.3 is 5.32 Å². The van der Waals surface area contributed by atoms with E-state index in [2.05, 4.69) is 33.0 Å². The zero-order valence-electron chi connectivity index (χ0n) is 11.9. The van der Waals surface area contributed by atoms with Gasteiger partial charge in [-0.2, -0.15) is 0 Å². The standard InChI is InChI=1S/C15H23NOS/c1-10(2)12(5)16-15(17)13-8-6-7-9-14(13)18-11(3)4/h6-12H,1-5H3,(H,16,17)/t12-/m0/s1. The molecule has 0 heterocycles. The Morgan fingerprint density at radius 3 is 2.28 bits per heavy atom. The third-order valence-electron chi connectivity index (χ3n) is 2.85. The molecule has 3 heteroatoms. The first kappa shape index (κ1) is 15.1. The Kier molecular flexibility index (Phi) is 5.73. The van der Waals surface area contributed by atoms with Gasteiger partial charge in [-0.05, 0) is 25.0 Å². The maximum absolute atomic E-state index is 12.2. The van der Waals surface area contributed by atoms with Gasteiger partial charge in [0.05, 0.1) is 5.56 Å². The van der Waals surface area contributed by atoms with E-state index in [1.165, 1.54) is 0 Å². The Bertz CT molecular complexity index is 401. The fourth-order valence-corrected chi connectivity index (χ4v) is 2.41. The van der Waals surface area contributed by atoms with Gasteiger partial charge in [-0.1, -0.05) is 39.8 Å². The Hall–Kier alpha value is -0.960. The van der Waals surface area contributed by atoms with Crippen LogP contribution in [0.25, 0.3) is 0 Å². The summed E-state index contributed by atoms with van der Waals surface area (Å²) in [4.78, 5) is 13.3. The third-order valence-corrected chi connectivity index (χ3v) is 3.93. The average molecular weight is 265 g/mol. The van der Waals surface area contributed by atoms with Crippen LogP contribution >= 0.6 is 11.8 Å². The van der Waals surface area contributed by atoms with Gasteiger partial charge >= 0.3 is 0 Å². The van der Waals surface area contributed by atoms with Gasteiger partial charge in [0.25, 0.3) is 5.91 Å². The van der Waals surface area contributed by atoms with E-state index in [1.54, 1.807) is 11.8 Å². The Morgan fingerprint density at radius 1 is 1.11 bits per heavy atom. The van der Waals surface area contributed by atoms with Gasteiger partial charge in [-0.15, -0.1) is 11.8 Å². The number of carbonyl (C=O) groups excluding carboxylic acids is 1. The summed E-state index contributed by atoms with van der Waals surface area (Å²) in [6, 6.07) is 7.99. The quantitative estimate of drug-likeness (QED) is 0.816. The molecule has 0 aromatic heterocycles. The molecule has 1 amide bonds. The molecule has 0 radical (unpaired) electrons. The number of nitrogens with one attached hydrogen (secondary N) is 1. The molecule has 0 fully saturated rings. The van der Waals surface area contributed by atoms with Gasteiger partial charge in [-0.25, -0.2) is 0 Å². The van der Waals surface area contributed by atoms with Crippen LogP contribution in [0.5, 0.6) is 0 Å². The summed E-state index contributed by atoms with van der Waals surface area (Å²) in [6.07, 6.45) is 0. The van der Waals surface area contributed by atoms with Crippen molar-refractivity contribution < 1.29 is 4.79 Å². The lowest BCUT2D eigenvalue weighted by molar-refractivity contribution is 0.0927. The van der Waals surface area contributed by atoms with Crippen LogP contribution in [0.1, 0.15) is 45.0 Å². The molecule has 0 spiro atoms. The molecule has 2 nitrogen and oxygen atoms in total. The van der Waals surface area contributed by atoms with E-state index in [9.17, 15) is 4.79 Å². The van der Waals surface area contributed by atoms with Crippen molar-refractivity contribution in [3.05, 3.63) is 29.8 Å². The summed E-state index contributed by atoms with van der Waals surface area (Å²) in [5.74, 6) is 0.471. The molecule has 0 saturated heterocycles. The molecular formula is C15H23NOS. The number of carbonyl (C=O) groups is 1. The number of rotatable bonds is 5. The molecule has 1 aromatic carbocycles. The minimum absolute atomic E-state index is 0.0277. The molecule has 0 aliphatic heterocycles. The molecule has 100 valence electrons. The van der Waals surface area contributed by atoms with Crippen LogP contribution in [0.15, 0.2) is 29.2 Å². The van der Waals surface area contributed by atoms with Crippen LogP contribution in [0.2, 0.25) is 0 Å². The minimum atomic E-state index is 0.0277. The van der Waals surface area contributed by atoms with Crippen LogP contribution in [-0.2, 0) is 0 Å². The van der Waals surface area contributed by atoms with Gasteiger partial charge in [0.15, 0.2) is 0 Å². The van der Waals surface area contributed by atoms with Crippen molar-refractivity contribution in [3.63, 3.8) is 0 Å². The summed E-state index contributed by atoms with van der Waals surface area (Å²) in [5.41, 5.74) is 0.781. The largest absolute Gasteiger partial charge is 0.349 e. The third kappa shape index (κ3) is 4.37. The molecule has 1 atom stereocenters. The van der Waals surface area contributed by atoms with Crippen molar-refractivity contribution in [1.82, 2.24) is 5.32 Å². The molecule has 0 unspecified atom stereocenters. The Morgan fingerprint density at radius 2 is 1.72 bits per heavy atom. The second-order valence-electron chi connectivity index (χ2n) is 5.17. The van der Waals surface area contributed by atoms with Crippen LogP contribution in [-0.4, -0.2) is 17.2 Å². The smallest absolute Gasteiger partial charge is 0.252 e. The minimum Gasteiger partial charge on any atom is -0.349 e. The first-order valence-electron chi connectivity index (χ1n) is 6.48. The lowest BCUT2D eigenvalue weighted by atomic mass is 10.1. The molecule has 18 heavy (non-hydrogen) atoms. The highest BCUT2D eigenvalue weighted by molar-refractivity contribution is 8.00. The Labute approximate surface area is 115 Å². The number of hydrogen-bond donors (Lipinski definition) is 1. The van der Waals surface area contributed by atoms with Gasteiger partial charge in [0.2, 0.25) is 0 Å². The summed E-state index contributed by atoms with van der Waals surface area (Å²) >= 11 is 1.73. The second-order valence-corrected chi connectivity index (χ2v) is 6.79. The number of benzene rings is 1. The van der Waals surface area contributed by atoms with Crippen molar-refractivity contribution in [2.45, 2.75) is 50.8 Å². The van der Waals surface area contributed by atoms with Crippen LogP contribution < -0.4 is 5.32 Å². The molecule has 0 bridgehead atoms. The van der Waals surface area contributed by atoms with Crippen molar-refractivity contribution in [2.75, 3.05) is 0 Å². The van der Waals surface area contributed by atoms with Gasteiger partial charge in [-0.3, -0.25) is 4.79 Å². The molecule has 0 saturated carbocycles. The SMILES string of the molecule is CC(C)Sc1ccccc1C(=O)N[C@@H](C)C(C)C. The van der Waals surface area contributed by atoms with Crippen LogP contribution in [0.3, 0.4) is 0 Å². The van der Waals surface area contributed by atoms with E-state index in [1.807, 2.05) is 31.2 Å². The van der Waals surface area contributed by atoms with E-state index in [-0.39, 0.29) is 11.9 Å². The van der Waals surface area contributed by atoms with E-state index in [0.717, 1.165) is 10.5 Å². The zero-order chi connectivity index (χ0) is 13.7. The van der Waals surface area contributed by atoms with Crippen LogP contribution in [0, 0.1) is 5.92 Å². The maximum Gasteiger partial charge on any atom is 0.252 e. The summed E-state index contributed by atoms with van der Waals surface area (Å²) in [6.45, 7) is 10.5. The van der Waals surface area contributed by atoms with E-state index in [0.29, 0.717) is 11.2 Å². The predicted molar refractivity (Wildman–Crippen MR) is 79.2 cm³/mol. The number of amides is 1. The van der Waals surface area contributed by atoms with Crippen LogP contribution in [0.4, 0.5) is 0 Å². The molecular weight excluding hydrogens is 242 g/mol. The predicted octanol–water partition coefficient (Wildman–Crippen LogP) is 3.96. The number of thioether (sulfide) groups is 1. The van der Waals surface area contributed by atoms with Crippen molar-refractivity contribution in [2.24, 2.45) is 5.92 Å². The van der Waals surface area contributed by atoms with Crippen molar-refractivity contribution in [1.29, 1.82) is 0 Å². The summed E-state index contributed by atoms with van der Waals surface area (Å²) in [7, 11) is 0. The fourth-order valence-electron chi connectivity index (χ4n) is 1.46. The van der Waals surface area contributed by atoms with E-state index in [4.69, 9.17) is 0 Å². The zero-order valence-corrected chi connectivity index (χ0v) is 12.7. The monoisotopic (exact) mass is 265 g/mol. The van der Waals surface area contributed by atoms with Gasteiger partial charge in [0.1, 0.15) is 0 Å². The van der Waals surface area contributed by atoms with Crippen molar-refractivity contribution >= 4 is 17.7 Å². The van der Waals surface area contributed by atoms with E-state index >= 15 is 0 Å². The topological polar surface area (TPSA) is 29.1 Å². The highest BCUT2D eigenvalue weighted by Crippen LogP contribution is 2.26. The number of hydrogen-bond acceptors (Lipinski definition) is 2. The molecule has 1 aromatic rings. The first-order valence-corrected chi connectivity index (χ1v) is 7.36. The lowest BCUT2D eigenvalue weighted by Crippen LogP contribution is -2.36. The Balaban J connectivity index is 2.85. The normalized spacial score (nSPS) is 12.8. The molecule has 1 N–H and O–H groups in total. The second kappa shape index (κ2) is 6.83. The first-order chi connectivity index (χ1) is 8.41. The lowest BCUT2D eigenvalue weighted by Gasteiger charge is -2.18. The van der Waals surface area contributed by atoms with Crippen molar-refractivity contribution in [3.8, 4) is 0 Å². The van der Waals surface area contributed by atoms with Gasteiger partial charge in [0, 0.05) is 16.2 Å². The molecule has 1 rings (SSSR count). The molecule has 0 aliphatic rings. The van der Waals surface area contributed by atoms with E-state index < -0.39 is 0 Å². The molecule has 0 aliphatic carbocycles.